The molecule has 0 bridgehead atoms. The molecule has 0 atom stereocenters. The van der Waals surface area contributed by atoms with Gasteiger partial charge < -0.3 is 9.15 Å². The Morgan fingerprint density at radius 3 is 2.74 bits per heavy atom. The van der Waals surface area contributed by atoms with Gasteiger partial charge in [0, 0.05) is 26.2 Å². The second kappa shape index (κ2) is 7.05. The number of ether oxygens (including phenoxy) is 1. The summed E-state index contributed by atoms with van der Waals surface area (Å²) in [6.45, 7) is 6.61. The predicted octanol–water partition coefficient (Wildman–Crippen LogP) is 1.39. The average Bonchev–Trinajstić information content (AvgIpc) is 3.02. The molecule has 3 heterocycles. The zero-order valence-corrected chi connectivity index (χ0v) is 16.3. The first kappa shape index (κ1) is 18.7. The molecule has 0 unspecified atom stereocenters. The first-order chi connectivity index (χ1) is 12.9. The number of morpholine rings is 1. The number of hydrogen-bond acceptors (Lipinski definition) is 6. The van der Waals surface area contributed by atoms with E-state index in [-0.39, 0.29) is 10.5 Å². The predicted molar refractivity (Wildman–Crippen MR) is 100 cm³/mol. The number of rotatable bonds is 4. The molecule has 2 saturated heterocycles. The Labute approximate surface area is 158 Å². The monoisotopic (exact) mass is 395 g/mol. The van der Waals surface area contributed by atoms with Crippen molar-refractivity contribution in [3.05, 3.63) is 28.7 Å². The Hall–Kier alpha value is -1.68. The zero-order chi connectivity index (χ0) is 19.1. The molecule has 0 aliphatic carbocycles. The molecule has 9 heteroatoms. The number of fused-ring (bicyclic) bond motifs is 1. The van der Waals surface area contributed by atoms with E-state index in [1.54, 1.807) is 0 Å². The van der Waals surface area contributed by atoms with Gasteiger partial charge in [-0.05, 0) is 44.0 Å². The van der Waals surface area contributed by atoms with E-state index < -0.39 is 15.8 Å². The lowest BCUT2D eigenvalue weighted by Crippen LogP contribution is -2.57. The Bertz CT molecular complexity index is 970. The number of nitrogens with zero attached hydrogens (tertiary/aromatic N) is 2. The van der Waals surface area contributed by atoms with Crippen LogP contribution in [0.25, 0.3) is 11.1 Å². The van der Waals surface area contributed by atoms with Crippen molar-refractivity contribution in [1.82, 2.24) is 14.2 Å². The lowest BCUT2D eigenvalue weighted by Gasteiger charge is -2.47. The molecule has 2 aromatic rings. The number of oxazole rings is 1. The fourth-order valence-corrected chi connectivity index (χ4v) is 5.58. The SMILES string of the molecule is CCCN1CCOC2(CCN(S(=O)(=O)c3ccc4oc(=O)[nH]c4c3)CC2)C1. The highest BCUT2D eigenvalue weighted by molar-refractivity contribution is 7.89. The summed E-state index contributed by atoms with van der Waals surface area (Å²) in [6, 6.07) is 4.46. The van der Waals surface area contributed by atoms with Gasteiger partial charge in [-0.2, -0.15) is 4.31 Å². The first-order valence-corrected chi connectivity index (χ1v) is 10.9. The first-order valence-electron chi connectivity index (χ1n) is 9.41. The minimum Gasteiger partial charge on any atom is -0.408 e. The summed E-state index contributed by atoms with van der Waals surface area (Å²) in [5, 5.41) is 0. The van der Waals surface area contributed by atoms with Gasteiger partial charge in [-0.3, -0.25) is 9.88 Å². The van der Waals surface area contributed by atoms with Gasteiger partial charge in [0.05, 0.1) is 22.6 Å². The molecule has 1 aromatic heterocycles. The Kier molecular flexibility index (Phi) is 4.87. The van der Waals surface area contributed by atoms with Gasteiger partial charge in [0.25, 0.3) is 0 Å². The van der Waals surface area contributed by atoms with E-state index in [1.165, 1.54) is 22.5 Å². The second-order valence-corrected chi connectivity index (χ2v) is 9.32. The molecule has 8 nitrogen and oxygen atoms in total. The molecule has 148 valence electrons. The highest BCUT2D eigenvalue weighted by atomic mass is 32.2. The maximum atomic E-state index is 13.0. The van der Waals surface area contributed by atoms with Crippen LogP contribution in [0.3, 0.4) is 0 Å². The molecule has 1 N–H and O–H groups in total. The third kappa shape index (κ3) is 3.56. The van der Waals surface area contributed by atoms with E-state index in [4.69, 9.17) is 9.15 Å². The molecule has 0 amide bonds. The van der Waals surface area contributed by atoms with Crippen molar-refractivity contribution in [3.8, 4) is 0 Å². The third-order valence-corrected chi connectivity index (χ3v) is 7.42. The van der Waals surface area contributed by atoms with Crippen molar-refractivity contribution in [3.63, 3.8) is 0 Å². The lowest BCUT2D eigenvalue weighted by molar-refractivity contribution is -0.129. The molecular formula is C18H25N3O5S. The summed E-state index contributed by atoms with van der Waals surface area (Å²) in [5.74, 6) is -0.592. The summed E-state index contributed by atoms with van der Waals surface area (Å²) in [7, 11) is -3.62. The number of aromatic amines is 1. The van der Waals surface area contributed by atoms with Gasteiger partial charge in [-0.1, -0.05) is 6.92 Å². The third-order valence-electron chi connectivity index (χ3n) is 5.53. The number of aromatic nitrogens is 1. The summed E-state index contributed by atoms with van der Waals surface area (Å²) >= 11 is 0. The minimum atomic E-state index is -3.62. The lowest BCUT2D eigenvalue weighted by atomic mass is 9.90. The van der Waals surface area contributed by atoms with Crippen molar-refractivity contribution in [2.24, 2.45) is 0 Å². The minimum absolute atomic E-state index is 0.167. The highest BCUT2D eigenvalue weighted by Crippen LogP contribution is 2.32. The number of H-pyrrole nitrogens is 1. The molecule has 1 spiro atoms. The quantitative estimate of drug-likeness (QED) is 0.840. The molecule has 2 aliphatic heterocycles. The van der Waals surface area contributed by atoms with Crippen LogP contribution in [0.1, 0.15) is 26.2 Å². The van der Waals surface area contributed by atoms with Crippen molar-refractivity contribution < 1.29 is 17.6 Å². The maximum Gasteiger partial charge on any atom is 0.417 e. The fraction of sp³-hybridized carbons (Fsp3) is 0.611. The molecule has 1 aromatic carbocycles. The van der Waals surface area contributed by atoms with E-state index in [1.807, 2.05) is 0 Å². The average molecular weight is 395 g/mol. The number of benzene rings is 1. The van der Waals surface area contributed by atoms with Gasteiger partial charge in [0.2, 0.25) is 10.0 Å². The largest absolute Gasteiger partial charge is 0.417 e. The maximum absolute atomic E-state index is 13.0. The van der Waals surface area contributed by atoms with Crippen molar-refractivity contribution >= 4 is 21.1 Å². The Morgan fingerprint density at radius 2 is 2.00 bits per heavy atom. The van der Waals surface area contributed by atoms with Crippen molar-refractivity contribution in [1.29, 1.82) is 0 Å². The number of sulfonamides is 1. The molecule has 27 heavy (non-hydrogen) atoms. The van der Waals surface area contributed by atoms with Gasteiger partial charge in [-0.15, -0.1) is 0 Å². The van der Waals surface area contributed by atoms with Crippen LogP contribution in [-0.2, 0) is 14.8 Å². The van der Waals surface area contributed by atoms with Crippen LogP contribution >= 0.6 is 0 Å². The summed E-state index contributed by atoms with van der Waals surface area (Å²) < 4.78 is 38.6. The summed E-state index contributed by atoms with van der Waals surface area (Å²) in [5.41, 5.74) is 0.502. The standard InChI is InChI=1S/C18H25N3O5S/c1-2-7-20-10-11-25-18(13-20)5-8-21(9-6-18)27(23,24)14-3-4-16-15(12-14)19-17(22)26-16/h3-4,12H,2,5-11,13H2,1H3,(H,19,22). The van der Waals surface area contributed by atoms with Crippen LogP contribution < -0.4 is 5.76 Å². The normalized spacial score (nSPS) is 21.8. The van der Waals surface area contributed by atoms with Crippen LogP contribution in [0.2, 0.25) is 0 Å². The van der Waals surface area contributed by atoms with Gasteiger partial charge in [0.15, 0.2) is 5.58 Å². The number of nitrogens with one attached hydrogen (secondary N) is 1. The fourth-order valence-electron chi connectivity index (χ4n) is 4.11. The Morgan fingerprint density at radius 1 is 1.22 bits per heavy atom. The molecule has 2 fully saturated rings. The van der Waals surface area contributed by atoms with Crippen LogP contribution in [-0.4, -0.2) is 67.5 Å². The smallest absolute Gasteiger partial charge is 0.408 e. The van der Waals surface area contributed by atoms with E-state index in [0.29, 0.717) is 43.6 Å². The van der Waals surface area contributed by atoms with Crippen molar-refractivity contribution in [2.75, 3.05) is 39.3 Å². The topological polar surface area (TPSA) is 95.8 Å². The van der Waals surface area contributed by atoms with Gasteiger partial charge in [0.1, 0.15) is 0 Å². The van der Waals surface area contributed by atoms with Crippen LogP contribution in [0, 0.1) is 0 Å². The van der Waals surface area contributed by atoms with Crippen molar-refractivity contribution in [2.45, 2.75) is 36.7 Å². The van der Waals surface area contributed by atoms with Gasteiger partial charge >= 0.3 is 5.76 Å². The molecule has 0 saturated carbocycles. The number of hydrogen-bond donors (Lipinski definition) is 1. The molecule has 4 rings (SSSR count). The highest BCUT2D eigenvalue weighted by Gasteiger charge is 2.42. The molecule has 2 aliphatic rings. The van der Waals surface area contributed by atoms with E-state index in [2.05, 4.69) is 16.8 Å². The second-order valence-electron chi connectivity index (χ2n) is 7.38. The summed E-state index contributed by atoms with van der Waals surface area (Å²) in [4.78, 5) is 16.4. The Balaban J connectivity index is 1.50. The summed E-state index contributed by atoms with van der Waals surface area (Å²) in [6.07, 6.45) is 2.49. The molecule has 0 radical (unpaired) electrons. The van der Waals surface area contributed by atoms with Crippen LogP contribution in [0.4, 0.5) is 0 Å². The van der Waals surface area contributed by atoms with E-state index >= 15 is 0 Å². The van der Waals surface area contributed by atoms with Gasteiger partial charge in [-0.25, -0.2) is 13.2 Å². The van der Waals surface area contributed by atoms with E-state index in [9.17, 15) is 13.2 Å². The number of piperidine rings is 1. The van der Waals surface area contributed by atoms with Crippen LogP contribution in [0.15, 0.2) is 32.3 Å². The zero-order valence-electron chi connectivity index (χ0n) is 15.4. The molecular weight excluding hydrogens is 370 g/mol. The van der Waals surface area contributed by atoms with E-state index in [0.717, 1.165) is 26.1 Å². The van der Waals surface area contributed by atoms with Crippen LogP contribution in [0.5, 0.6) is 0 Å².